The van der Waals surface area contributed by atoms with Gasteiger partial charge >= 0.3 is 0 Å². The Hall–Kier alpha value is -2.06. The lowest BCUT2D eigenvalue weighted by atomic mass is 10.1. The molecule has 0 aliphatic carbocycles. The topological polar surface area (TPSA) is 62.6 Å². The molecule has 0 saturated heterocycles. The van der Waals surface area contributed by atoms with Crippen molar-refractivity contribution in [1.82, 2.24) is 4.90 Å². The second-order valence-corrected chi connectivity index (χ2v) is 4.31. The number of nitriles is 1. The fraction of sp³-hybridized carbons (Fsp3) is 0.467. The van der Waals surface area contributed by atoms with Crippen molar-refractivity contribution in [2.24, 2.45) is 0 Å². The van der Waals surface area contributed by atoms with Crippen molar-refractivity contribution in [1.29, 1.82) is 5.26 Å². The Morgan fingerprint density at radius 1 is 1.35 bits per heavy atom. The molecule has 0 spiro atoms. The van der Waals surface area contributed by atoms with Gasteiger partial charge in [-0.2, -0.15) is 5.26 Å². The Morgan fingerprint density at radius 2 is 2.15 bits per heavy atom. The average molecular weight is 276 g/mol. The molecular weight excluding hydrogens is 256 g/mol. The maximum atomic E-state index is 12.2. The minimum absolute atomic E-state index is 0.00875. The van der Waals surface area contributed by atoms with Gasteiger partial charge in [-0.25, -0.2) is 0 Å². The van der Waals surface area contributed by atoms with Gasteiger partial charge < -0.3 is 14.4 Å². The van der Waals surface area contributed by atoms with Crippen molar-refractivity contribution in [3.8, 4) is 11.8 Å². The number of carbonyl (C=O) groups is 1. The molecule has 0 saturated carbocycles. The normalized spacial score (nSPS) is 9.85. The Labute approximate surface area is 119 Å². The van der Waals surface area contributed by atoms with Crippen LogP contribution in [-0.4, -0.2) is 44.7 Å². The van der Waals surface area contributed by atoms with Crippen LogP contribution < -0.4 is 4.74 Å². The van der Waals surface area contributed by atoms with E-state index in [0.717, 1.165) is 11.3 Å². The van der Waals surface area contributed by atoms with E-state index in [1.165, 1.54) is 0 Å². The SMILES string of the molecule is COCCN(CCC#N)C(=O)Cc1cccc(OC)c1. The Bertz CT molecular complexity index is 468. The molecule has 0 aliphatic rings. The van der Waals surface area contributed by atoms with Gasteiger partial charge in [0, 0.05) is 20.2 Å². The summed E-state index contributed by atoms with van der Waals surface area (Å²) in [6, 6.07) is 9.49. The predicted molar refractivity (Wildman–Crippen MR) is 75.4 cm³/mol. The summed E-state index contributed by atoms with van der Waals surface area (Å²) in [6.45, 7) is 1.40. The Balaban J connectivity index is 2.66. The molecule has 0 aromatic heterocycles. The molecular formula is C15H20N2O3. The predicted octanol–water partition coefficient (Wildman–Crippen LogP) is 1.63. The van der Waals surface area contributed by atoms with Gasteiger partial charge in [0.15, 0.2) is 0 Å². The largest absolute Gasteiger partial charge is 0.497 e. The van der Waals surface area contributed by atoms with Crippen molar-refractivity contribution < 1.29 is 14.3 Å². The Morgan fingerprint density at radius 3 is 2.80 bits per heavy atom. The highest BCUT2D eigenvalue weighted by Crippen LogP contribution is 2.13. The highest BCUT2D eigenvalue weighted by Gasteiger charge is 2.13. The average Bonchev–Trinajstić information content (AvgIpc) is 2.47. The minimum Gasteiger partial charge on any atom is -0.497 e. The maximum absolute atomic E-state index is 12.2. The molecule has 0 fully saturated rings. The number of ether oxygens (including phenoxy) is 2. The van der Waals surface area contributed by atoms with Gasteiger partial charge in [-0.05, 0) is 17.7 Å². The molecule has 5 nitrogen and oxygen atoms in total. The molecule has 0 bridgehead atoms. The van der Waals surface area contributed by atoms with Gasteiger partial charge in [0.2, 0.25) is 5.91 Å². The highest BCUT2D eigenvalue weighted by atomic mass is 16.5. The van der Waals surface area contributed by atoms with E-state index in [1.807, 2.05) is 24.3 Å². The number of carbonyl (C=O) groups excluding carboxylic acids is 1. The molecule has 1 aromatic rings. The molecule has 20 heavy (non-hydrogen) atoms. The number of nitrogens with zero attached hydrogens (tertiary/aromatic N) is 2. The standard InChI is InChI=1S/C15H20N2O3/c1-19-10-9-17(8-4-7-16)15(18)12-13-5-3-6-14(11-13)20-2/h3,5-6,11H,4,8-10,12H2,1-2H3. The molecule has 1 rings (SSSR count). The lowest BCUT2D eigenvalue weighted by Gasteiger charge is -2.21. The van der Waals surface area contributed by atoms with Crippen LogP contribution >= 0.6 is 0 Å². The molecule has 0 aliphatic heterocycles. The van der Waals surface area contributed by atoms with Gasteiger partial charge in [-0.3, -0.25) is 4.79 Å². The number of benzene rings is 1. The third-order valence-corrected chi connectivity index (χ3v) is 2.90. The molecule has 0 N–H and O–H groups in total. The molecule has 1 aromatic carbocycles. The second kappa shape index (κ2) is 8.94. The molecule has 5 heteroatoms. The van der Waals surface area contributed by atoms with Gasteiger partial charge in [0.1, 0.15) is 5.75 Å². The third-order valence-electron chi connectivity index (χ3n) is 2.90. The van der Waals surface area contributed by atoms with Gasteiger partial charge in [-0.1, -0.05) is 12.1 Å². The second-order valence-electron chi connectivity index (χ2n) is 4.31. The van der Waals surface area contributed by atoms with Crippen LogP contribution in [0.25, 0.3) is 0 Å². The summed E-state index contributed by atoms with van der Waals surface area (Å²) in [6.07, 6.45) is 0.625. The van der Waals surface area contributed by atoms with Gasteiger partial charge in [0.25, 0.3) is 0 Å². The molecule has 108 valence electrons. The summed E-state index contributed by atoms with van der Waals surface area (Å²) in [5, 5.41) is 8.64. The Kier molecular flexibility index (Phi) is 7.15. The van der Waals surface area contributed by atoms with E-state index < -0.39 is 0 Å². The summed E-state index contributed by atoms with van der Waals surface area (Å²) in [5.41, 5.74) is 0.897. The van der Waals surface area contributed by atoms with Crippen molar-refractivity contribution in [3.63, 3.8) is 0 Å². The lowest BCUT2D eigenvalue weighted by Crippen LogP contribution is -2.35. The van der Waals surface area contributed by atoms with Crippen molar-refractivity contribution in [2.45, 2.75) is 12.8 Å². The number of rotatable bonds is 8. The number of methoxy groups -OCH3 is 2. The van der Waals surface area contributed by atoms with Crippen LogP contribution in [0, 0.1) is 11.3 Å². The monoisotopic (exact) mass is 276 g/mol. The summed E-state index contributed by atoms with van der Waals surface area (Å²) in [5.74, 6) is 0.723. The zero-order valence-corrected chi connectivity index (χ0v) is 12.0. The van der Waals surface area contributed by atoms with E-state index in [-0.39, 0.29) is 5.91 Å². The first kappa shape index (κ1) is 16.0. The third kappa shape index (κ3) is 5.29. The van der Waals surface area contributed by atoms with E-state index in [4.69, 9.17) is 14.7 Å². The van der Waals surface area contributed by atoms with Crippen LogP contribution in [-0.2, 0) is 16.0 Å². The van der Waals surface area contributed by atoms with Gasteiger partial charge in [-0.15, -0.1) is 0 Å². The van der Waals surface area contributed by atoms with Crippen LogP contribution in [0.2, 0.25) is 0 Å². The summed E-state index contributed by atoms with van der Waals surface area (Å²) in [4.78, 5) is 13.9. The molecule has 1 amide bonds. The van der Waals surface area contributed by atoms with Crippen LogP contribution in [0.5, 0.6) is 5.75 Å². The van der Waals surface area contributed by atoms with Crippen molar-refractivity contribution in [2.75, 3.05) is 33.9 Å². The molecule has 0 unspecified atom stereocenters. The minimum atomic E-state index is -0.00875. The lowest BCUT2D eigenvalue weighted by molar-refractivity contribution is -0.131. The zero-order valence-electron chi connectivity index (χ0n) is 12.0. The van der Waals surface area contributed by atoms with E-state index in [1.54, 1.807) is 19.1 Å². The summed E-state index contributed by atoms with van der Waals surface area (Å²) < 4.78 is 10.1. The van der Waals surface area contributed by atoms with Crippen molar-refractivity contribution >= 4 is 5.91 Å². The smallest absolute Gasteiger partial charge is 0.227 e. The summed E-state index contributed by atoms with van der Waals surface area (Å²) >= 11 is 0. The van der Waals surface area contributed by atoms with Crippen LogP contribution in [0.1, 0.15) is 12.0 Å². The van der Waals surface area contributed by atoms with Gasteiger partial charge in [0.05, 0.1) is 32.6 Å². The number of hydrogen-bond donors (Lipinski definition) is 0. The van der Waals surface area contributed by atoms with Crippen molar-refractivity contribution in [3.05, 3.63) is 29.8 Å². The quantitative estimate of drug-likeness (QED) is 0.724. The summed E-state index contributed by atoms with van der Waals surface area (Å²) in [7, 11) is 3.19. The molecule has 0 radical (unpaired) electrons. The number of hydrogen-bond acceptors (Lipinski definition) is 4. The first-order chi connectivity index (χ1) is 9.71. The van der Waals surface area contributed by atoms with E-state index in [0.29, 0.717) is 32.5 Å². The van der Waals surface area contributed by atoms with E-state index >= 15 is 0 Å². The fourth-order valence-corrected chi connectivity index (χ4v) is 1.82. The fourth-order valence-electron chi connectivity index (χ4n) is 1.82. The maximum Gasteiger partial charge on any atom is 0.227 e. The van der Waals surface area contributed by atoms with Crippen LogP contribution in [0.3, 0.4) is 0 Å². The van der Waals surface area contributed by atoms with Crippen LogP contribution in [0.4, 0.5) is 0 Å². The van der Waals surface area contributed by atoms with E-state index in [9.17, 15) is 4.79 Å². The van der Waals surface area contributed by atoms with E-state index in [2.05, 4.69) is 6.07 Å². The molecule has 0 heterocycles. The first-order valence-electron chi connectivity index (χ1n) is 6.48. The zero-order chi connectivity index (χ0) is 14.8. The first-order valence-corrected chi connectivity index (χ1v) is 6.48. The van der Waals surface area contributed by atoms with Crippen LogP contribution in [0.15, 0.2) is 24.3 Å². The number of amides is 1. The molecule has 0 atom stereocenters. The highest BCUT2D eigenvalue weighted by molar-refractivity contribution is 5.78.